The number of aliphatic imine (C=N–C) groups is 1. The minimum absolute atomic E-state index is 0.165. The lowest BCUT2D eigenvalue weighted by atomic mass is 9.97. The van der Waals surface area contributed by atoms with E-state index >= 15 is 0 Å². The SMILES string of the molecule is CC1=Nc2ccc(C3=CCNc4nc(NCC(C)(F)F)ncc43)nc2CC1NC(C)C. The van der Waals surface area contributed by atoms with E-state index in [-0.39, 0.29) is 12.0 Å². The number of hydrogen-bond acceptors (Lipinski definition) is 7. The molecule has 7 nitrogen and oxygen atoms in total. The maximum absolute atomic E-state index is 13.1. The van der Waals surface area contributed by atoms with Gasteiger partial charge in [0.05, 0.1) is 29.7 Å². The Hall–Kier alpha value is -2.94. The Morgan fingerprint density at radius 3 is 2.81 bits per heavy atom. The largest absolute Gasteiger partial charge is 0.366 e. The van der Waals surface area contributed by atoms with Gasteiger partial charge in [0.25, 0.3) is 5.92 Å². The average molecular weight is 428 g/mol. The fourth-order valence-corrected chi connectivity index (χ4v) is 3.72. The second-order valence-electron chi connectivity index (χ2n) is 8.37. The summed E-state index contributed by atoms with van der Waals surface area (Å²) in [5.74, 6) is -2.07. The number of anilines is 2. The van der Waals surface area contributed by atoms with Crippen molar-refractivity contribution in [3.8, 4) is 0 Å². The Kier molecular flexibility index (Phi) is 5.70. The van der Waals surface area contributed by atoms with Gasteiger partial charge < -0.3 is 16.0 Å². The van der Waals surface area contributed by atoms with Crippen LogP contribution >= 0.6 is 0 Å². The van der Waals surface area contributed by atoms with Gasteiger partial charge in [-0.05, 0) is 19.1 Å². The van der Waals surface area contributed by atoms with Crippen LogP contribution in [0.3, 0.4) is 0 Å². The normalized spacial score (nSPS) is 18.0. The molecule has 31 heavy (non-hydrogen) atoms. The van der Waals surface area contributed by atoms with Gasteiger partial charge in [0.15, 0.2) is 0 Å². The monoisotopic (exact) mass is 427 g/mol. The van der Waals surface area contributed by atoms with Gasteiger partial charge in [-0.1, -0.05) is 19.9 Å². The lowest BCUT2D eigenvalue weighted by Gasteiger charge is -2.26. The van der Waals surface area contributed by atoms with Crippen LogP contribution in [0.25, 0.3) is 5.57 Å². The molecule has 2 aromatic rings. The molecule has 0 fully saturated rings. The van der Waals surface area contributed by atoms with Gasteiger partial charge in [0.1, 0.15) is 5.82 Å². The summed E-state index contributed by atoms with van der Waals surface area (Å²) in [7, 11) is 0. The maximum Gasteiger partial charge on any atom is 0.262 e. The Bertz CT molecular complexity index is 1040. The van der Waals surface area contributed by atoms with Crippen molar-refractivity contribution in [2.75, 3.05) is 23.7 Å². The number of fused-ring (bicyclic) bond motifs is 2. The molecule has 0 saturated heterocycles. The van der Waals surface area contributed by atoms with Crippen LogP contribution in [-0.4, -0.2) is 51.8 Å². The minimum atomic E-state index is -2.84. The number of pyridine rings is 1. The quantitative estimate of drug-likeness (QED) is 0.650. The summed E-state index contributed by atoms with van der Waals surface area (Å²) < 4.78 is 26.3. The van der Waals surface area contributed by atoms with Gasteiger partial charge in [-0.25, -0.2) is 13.8 Å². The van der Waals surface area contributed by atoms with Crippen LogP contribution in [-0.2, 0) is 6.42 Å². The van der Waals surface area contributed by atoms with Crippen molar-refractivity contribution in [2.45, 2.75) is 52.1 Å². The summed E-state index contributed by atoms with van der Waals surface area (Å²) in [6.07, 6.45) is 4.46. The zero-order valence-electron chi connectivity index (χ0n) is 18.1. The van der Waals surface area contributed by atoms with E-state index in [1.807, 2.05) is 25.1 Å². The van der Waals surface area contributed by atoms with Gasteiger partial charge in [-0.2, -0.15) is 4.98 Å². The van der Waals surface area contributed by atoms with Crippen LogP contribution in [0.15, 0.2) is 29.4 Å². The predicted molar refractivity (Wildman–Crippen MR) is 119 cm³/mol. The highest BCUT2D eigenvalue weighted by Crippen LogP contribution is 2.33. The first-order chi connectivity index (χ1) is 14.7. The zero-order chi connectivity index (χ0) is 22.2. The van der Waals surface area contributed by atoms with Crippen LogP contribution in [0.4, 0.5) is 26.2 Å². The number of nitrogens with zero attached hydrogens (tertiary/aromatic N) is 4. The van der Waals surface area contributed by atoms with Gasteiger partial charge in [0.2, 0.25) is 5.95 Å². The standard InChI is InChI=1S/C22H27F2N7/c1-12(2)28-18-9-19-17(29-13(18)3)6-5-16(30-19)14-7-8-25-20-15(14)10-26-21(31-20)27-11-22(4,23)24/h5-7,10,12,18,28H,8-9,11H2,1-4H3,(H2,25,26,27,31). The van der Waals surface area contributed by atoms with Gasteiger partial charge in [-0.3, -0.25) is 9.98 Å². The summed E-state index contributed by atoms with van der Waals surface area (Å²) in [5, 5.41) is 9.31. The molecule has 0 spiro atoms. The second-order valence-corrected chi connectivity index (χ2v) is 8.37. The molecule has 1 atom stereocenters. The smallest absolute Gasteiger partial charge is 0.262 e. The molecule has 0 saturated carbocycles. The number of halogens is 2. The Labute approximate surface area is 180 Å². The molecule has 4 rings (SSSR count). The number of hydrogen-bond donors (Lipinski definition) is 3. The van der Waals surface area contributed by atoms with Crippen molar-refractivity contribution in [2.24, 2.45) is 4.99 Å². The first-order valence-electron chi connectivity index (χ1n) is 10.4. The fourth-order valence-electron chi connectivity index (χ4n) is 3.72. The van der Waals surface area contributed by atoms with Crippen molar-refractivity contribution in [3.63, 3.8) is 0 Å². The van der Waals surface area contributed by atoms with Crippen molar-refractivity contribution in [1.29, 1.82) is 0 Å². The number of aromatic nitrogens is 3. The Balaban J connectivity index is 1.60. The van der Waals surface area contributed by atoms with Crippen molar-refractivity contribution < 1.29 is 8.78 Å². The average Bonchev–Trinajstić information content (AvgIpc) is 2.71. The summed E-state index contributed by atoms with van der Waals surface area (Å²) in [4.78, 5) is 18.2. The molecule has 164 valence electrons. The second kappa shape index (κ2) is 8.30. The predicted octanol–water partition coefficient (Wildman–Crippen LogP) is 3.81. The molecule has 0 aromatic carbocycles. The van der Waals surface area contributed by atoms with E-state index in [0.29, 0.717) is 18.4 Å². The first-order valence-corrected chi connectivity index (χ1v) is 10.4. The molecule has 3 N–H and O–H groups in total. The molecule has 4 heterocycles. The molecule has 2 aromatic heterocycles. The Morgan fingerprint density at radius 1 is 1.26 bits per heavy atom. The highest BCUT2D eigenvalue weighted by Gasteiger charge is 2.25. The fraction of sp³-hybridized carbons (Fsp3) is 0.455. The van der Waals surface area contributed by atoms with Crippen LogP contribution in [0.2, 0.25) is 0 Å². The summed E-state index contributed by atoms with van der Waals surface area (Å²) in [6.45, 7) is 7.18. The van der Waals surface area contributed by atoms with Crippen LogP contribution in [0.1, 0.15) is 44.6 Å². The maximum atomic E-state index is 13.1. The van der Waals surface area contributed by atoms with E-state index in [1.54, 1.807) is 6.20 Å². The molecule has 0 radical (unpaired) electrons. The molecule has 2 aliphatic rings. The molecule has 0 bridgehead atoms. The molecular weight excluding hydrogens is 400 g/mol. The van der Waals surface area contributed by atoms with Crippen molar-refractivity contribution in [1.82, 2.24) is 20.3 Å². The van der Waals surface area contributed by atoms with Crippen molar-refractivity contribution >= 4 is 28.7 Å². The third-order valence-electron chi connectivity index (χ3n) is 5.17. The third-order valence-corrected chi connectivity index (χ3v) is 5.17. The molecule has 0 amide bonds. The highest BCUT2D eigenvalue weighted by molar-refractivity contribution is 5.92. The van der Waals surface area contributed by atoms with Gasteiger partial charge in [-0.15, -0.1) is 0 Å². The first kappa shape index (κ1) is 21.3. The van der Waals surface area contributed by atoms with Crippen LogP contribution < -0.4 is 16.0 Å². The van der Waals surface area contributed by atoms with Crippen LogP contribution in [0.5, 0.6) is 0 Å². The summed E-state index contributed by atoms with van der Waals surface area (Å²) >= 11 is 0. The molecule has 2 aliphatic heterocycles. The number of rotatable bonds is 6. The third kappa shape index (κ3) is 4.87. The number of nitrogens with one attached hydrogen (secondary N) is 3. The molecule has 9 heteroatoms. The Morgan fingerprint density at radius 2 is 2.06 bits per heavy atom. The molecule has 0 aliphatic carbocycles. The van der Waals surface area contributed by atoms with E-state index < -0.39 is 12.5 Å². The van der Waals surface area contributed by atoms with E-state index in [0.717, 1.165) is 47.3 Å². The van der Waals surface area contributed by atoms with Crippen molar-refractivity contribution in [3.05, 3.63) is 41.4 Å². The van der Waals surface area contributed by atoms with E-state index in [4.69, 9.17) is 9.98 Å². The molecule has 1 unspecified atom stereocenters. The van der Waals surface area contributed by atoms with Crippen LogP contribution in [0, 0.1) is 0 Å². The lowest BCUT2D eigenvalue weighted by Crippen LogP contribution is -2.42. The van der Waals surface area contributed by atoms with E-state index in [1.165, 1.54) is 0 Å². The molecular formula is C22H27F2N7. The zero-order valence-corrected chi connectivity index (χ0v) is 18.1. The summed E-state index contributed by atoms with van der Waals surface area (Å²) in [5.41, 5.74) is 5.45. The van der Waals surface area contributed by atoms with Gasteiger partial charge >= 0.3 is 0 Å². The minimum Gasteiger partial charge on any atom is -0.366 e. The van der Waals surface area contributed by atoms with E-state index in [9.17, 15) is 8.78 Å². The van der Waals surface area contributed by atoms with Gasteiger partial charge in [0, 0.05) is 49.0 Å². The topological polar surface area (TPSA) is 87.1 Å². The van der Waals surface area contributed by atoms with E-state index in [2.05, 4.69) is 39.8 Å². The summed E-state index contributed by atoms with van der Waals surface area (Å²) in [6, 6.07) is 4.47. The number of alkyl halides is 2. The highest BCUT2D eigenvalue weighted by atomic mass is 19.3. The lowest BCUT2D eigenvalue weighted by molar-refractivity contribution is 0.0366.